The first kappa shape index (κ1) is 26.5. The molecular weight excluding hydrogens is 657 g/mol. The molecule has 0 fully saturated rings. The van der Waals surface area contributed by atoms with Gasteiger partial charge in [0.25, 0.3) is 0 Å². The van der Waals surface area contributed by atoms with E-state index >= 15 is 0 Å². The van der Waals surface area contributed by atoms with Gasteiger partial charge in [0, 0.05) is 28.6 Å². The normalized spacial score (nSPS) is 12.6. The predicted octanol–water partition coefficient (Wildman–Crippen LogP) is 12.7. The van der Waals surface area contributed by atoms with Crippen LogP contribution < -0.4 is 0 Å². The second-order valence-electron chi connectivity index (χ2n) is 13.2. The van der Waals surface area contributed by atoms with Crippen molar-refractivity contribution >= 4 is 16.7 Å². The minimum absolute atomic E-state index is 0.148. The van der Waals surface area contributed by atoms with Crippen LogP contribution in [0.1, 0.15) is 6.85 Å². The monoisotopic (exact) mass is 695 g/mol. The van der Waals surface area contributed by atoms with E-state index in [9.17, 15) is 0 Å². The van der Waals surface area contributed by atoms with E-state index in [1.807, 2.05) is 103 Å². The summed E-state index contributed by atoms with van der Waals surface area (Å²) in [5, 5.41) is 0. The van der Waals surface area contributed by atoms with Crippen LogP contribution in [0.5, 0.6) is 0 Å². The summed E-state index contributed by atoms with van der Waals surface area (Å²) in [7, 11) is 0. The Morgan fingerprint density at radius 1 is 0.426 bits per heavy atom. The molecule has 0 N–H and O–H groups in total. The number of benzene rings is 7. The number of pyridine rings is 1. The molecule has 0 bridgehead atoms. The van der Waals surface area contributed by atoms with Crippen LogP contribution in [0, 0.1) is 0 Å². The average molecular weight is 696 g/mol. The number of hydrogen-bond donors (Lipinski definition) is 0. The van der Waals surface area contributed by atoms with Crippen molar-refractivity contribution in [2.75, 3.05) is 0 Å². The van der Waals surface area contributed by atoms with E-state index in [1.165, 1.54) is 0 Å². The quantitative estimate of drug-likeness (QED) is 0.166. The number of hydrogen-bond acceptors (Lipinski definition) is 2. The fraction of sp³-hybridized carbons (Fsp3) is 0. The third-order valence-corrected chi connectivity index (χ3v) is 9.82. The molecule has 4 heteroatoms. The van der Waals surface area contributed by atoms with Crippen molar-refractivity contribution in [3.8, 4) is 73.0 Å². The van der Waals surface area contributed by atoms with Crippen LogP contribution in [0.4, 0.5) is 0 Å². The van der Waals surface area contributed by atoms with E-state index in [1.54, 1.807) is 0 Å². The number of nitrogens with zero attached hydrogens (tertiary/aromatic N) is 4. The van der Waals surface area contributed by atoms with Gasteiger partial charge in [-0.25, -0.2) is 9.97 Å². The van der Waals surface area contributed by atoms with Crippen molar-refractivity contribution in [1.82, 2.24) is 18.9 Å². The van der Waals surface area contributed by atoms with Gasteiger partial charge in [-0.1, -0.05) is 145 Å². The molecule has 0 aliphatic rings. The molecule has 0 unspecified atom stereocenters. The third-order valence-electron chi connectivity index (χ3n) is 9.82. The van der Waals surface area contributed by atoms with Gasteiger partial charge in [-0.15, -0.1) is 0 Å². The van der Waals surface area contributed by atoms with Crippen molar-refractivity contribution in [1.29, 1.82) is 0 Å². The standard InChI is InChI=1S/C50H34N4/c1-5-15-35(16-6-1)41-31-42(36-24-26-37(27-25-36)48-49(38-17-7-2-8-18-38)53-30-14-13-23-47(53)52-48)33-43(32-41)40-28-29-45-46(34-40)54(44-21-11-4-12-22-44)50(51-45)39-19-9-3-10-20-39/h1-34H/i1D,5D,6D,15D,16D. The van der Waals surface area contributed by atoms with Crippen LogP contribution in [0.3, 0.4) is 0 Å². The Kier molecular flexibility index (Phi) is 6.54. The van der Waals surface area contributed by atoms with Gasteiger partial charge in [-0.05, 0) is 88.0 Å². The Balaban J connectivity index is 1.16. The average Bonchev–Trinajstić information content (AvgIpc) is 3.88. The van der Waals surface area contributed by atoms with Crippen molar-refractivity contribution in [3.63, 3.8) is 0 Å². The van der Waals surface area contributed by atoms with Crippen LogP contribution in [0.2, 0.25) is 0 Å². The zero-order valence-electron chi connectivity index (χ0n) is 34.0. The molecule has 0 aliphatic heterocycles. The number of aromatic nitrogens is 4. The Labute approximate surface area is 321 Å². The molecule has 0 amide bonds. The van der Waals surface area contributed by atoms with Crippen LogP contribution in [0.15, 0.2) is 206 Å². The number of imidazole rings is 2. The third kappa shape index (κ3) is 5.67. The summed E-state index contributed by atoms with van der Waals surface area (Å²) >= 11 is 0. The Morgan fingerprint density at radius 3 is 1.74 bits per heavy atom. The maximum Gasteiger partial charge on any atom is 0.145 e. The second-order valence-corrected chi connectivity index (χ2v) is 13.2. The summed E-state index contributed by atoms with van der Waals surface area (Å²) in [6.45, 7) is 0. The van der Waals surface area contributed by atoms with Crippen molar-refractivity contribution < 1.29 is 6.85 Å². The van der Waals surface area contributed by atoms with Crippen LogP contribution >= 0.6 is 0 Å². The highest BCUT2D eigenvalue weighted by atomic mass is 15.1. The molecule has 0 aliphatic carbocycles. The van der Waals surface area contributed by atoms with E-state index in [0.29, 0.717) is 5.56 Å². The van der Waals surface area contributed by atoms with Gasteiger partial charge in [-0.3, -0.25) is 8.97 Å². The van der Waals surface area contributed by atoms with Gasteiger partial charge in [0.1, 0.15) is 11.5 Å². The SMILES string of the molecule is [2H]c1c([2H])c([2H])c(-c2cc(-c3ccc(-c4nc5ccccn5c4-c4ccccc4)cc3)cc(-c3ccc4nc(-c5ccccc5)n(-c5ccccc5)c4c3)c2)c([2H])c1[2H]. The Morgan fingerprint density at radius 2 is 1.02 bits per heavy atom. The lowest BCUT2D eigenvalue weighted by atomic mass is 9.92. The summed E-state index contributed by atoms with van der Waals surface area (Å²) in [5.41, 5.74) is 12.5. The number of rotatable bonds is 7. The van der Waals surface area contributed by atoms with Gasteiger partial charge in [0.05, 0.1) is 29.3 Å². The largest absolute Gasteiger partial charge is 0.299 e. The molecule has 7 aromatic carbocycles. The smallest absolute Gasteiger partial charge is 0.145 e. The molecule has 0 saturated carbocycles. The first-order valence-electron chi connectivity index (χ1n) is 20.3. The zero-order chi connectivity index (χ0) is 40.2. The van der Waals surface area contributed by atoms with Gasteiger partial charge in [0.2, 0.25) is 0 Å². The lowest BCUT2D eigenvalue weighted by Crippen LogP contribution is -1.97. The Hall–Kier alpha value is -7.30. The first-order chi connectivity index (χ1) is 28.8. The van der Waals surface area contributed by atoms with E-state index in [2.05, 4.69) is 81.8 Å². The Bertz CT molecular complexity index is 3170. The predicted molar refractivity (Wildman–Crippen MR) is 222 cm³/mol. The molecule has 254 valence electrons. The van der Waals surface area contributed by atoms with Crippen molar-refractivity contribution in [2.45, 2.75) is 0 Å². The van der Waals surface area contributed by atoms with Gasteiger partial charge in [0.15, 0.2) is 0 Å². The summed E-state index contributed by atoms with van der Waals surface area (Å²) in [5.74, 6) is 0.818. The van der Waals surface area contributed by atoms with E-state index in [4.69, 9.17) is 16.8 Å². The highest BCUT2D eigenvalue weighted by Crippen LogP contribution is 2.38. The molecule has 0 atom stereocenters. The minimum atomic E-state index is -0.425. The molecule has 4 nitrogen and oxygen atoms in total. The maximum atomic E-state index is 8.91. The molecule has 0 radical (unpaired) electrons. The molecule has 10 rings (SSSR count). The topological polar surface area (TPSA) is 35.1 Å². The van der Waals surface area contributed by atoms with Gasteiger partial charge >= 0.3 is 0 Å². The van der Waals surface area contributed by atoms with Gasteiger partial charge in [-0.2, -0.15) is 0 Å². The molecule has 0 spiro atoms. The van der Waals surface area contributed by atoms with Crippen molar-refractivity contribution in [3.05, 3.63) is 206 Å². The molecule has 10 aromatic rings. The summed E-state index contributed by atoms with van der Waals surface area (Å²) < 4.78 is 47.3. The number of fused-ring (bicyclic) bond motifs is 2. The minimum Gasteiger partial charge on any atom is -0.299 e. The highest BCUT2D eigenvalue weighted by molar-refractivity contribution is 5.90. The fourth-order valence-electron chi connectivity index (χ4n) is 7.26. The second kappa shape index (κ2) is 13.4. The first-order valence-corrected chi connectivity index (χ1v) is 17.8. The van der Waals surface area contributed by atoms with E-state index < -0.39 is 6.04 Å². The lowest BCUT2D eigenvalue weighted by molar-refractivity contribution is 1.10. The molecular formula is C50H34N4. The van der Waals surface area contributed by atoms with Crippen LogP contribution in [-0.2, 0) is 0 Å². The summed E-state index contributed by atoms with van der Waals surface area (Å²) in [6.07, 6.45) is 2.03. The molecule has 0 saturated heterocycles. The van der Waals surface area contributed by atoms with Gasteiger partial charge < -0.3 is 0 Å². The molecule has 54 heavy (non-hydrogen) atoms. The van der Waals surface area contributed by atoms with Crippen LogP contribution in [0.25, 0.3) is 89.7 Å². The van der Waals surface area contributed by atoms with E-state index in [-0.39, 0.29) is 29.7 Å². The van der Waals surface area contributed by atoms with Crippen LogP contribution in [-0.4, -0.2) is 18.9 Å². The van der Waals surface area contributed by atoms with Crippen molar-refractivity contribution in [2.24, 2.45) is 0 Å². The number of para-hydroxylation sites is 1. The lowest BCUT2D eigenvalue weighted by Gasteiger charge is -2.13. The fourth-order valence-corrected chi connectivity index (χ4v) is 7.26. The molecule has 3 aromatic heterocycles. The molecule has 3 heterocycles. The zero-order valence-corrected chi connectivity index (χ0v) is 29.0. The summed E-state index contributed by atoms with van der Waals surface area (Å²) in [4.78, 5) is 10.1. The summed E-state index contributed by atoms with van der Waals surface area (Å²) in [6, 6.07) is 55.1. The highest BCUT2D eigenvalue weighted by Gasteiger charge is 2.18. The van der Waals surface area contributed by atoms with E-state index in [0.717, 1.165) is 78.5 Å². The maximum absolute atomic E-state index is 8.91.